The standard InChI is InChI=1S/C9H8Cl2N4/c1-6-2-8(11)14-9(13-6)5-15-4-7(10)3-12-15/h2-4H,5H2,1H3. The van der Waals surface area contributed by atoms with E-state index in [4.69, 9.17) is 23.2 Å². The molecule has 0 unspecified atom stereocenters. The third-order valence-corrected chi connectivity index (χ3v) is 2.16. The second-order valence-corrected chi connectivity index (χ2v) is 3.93. The molecule has 0 aliphatic carbocycles. The summed E-state index contributed by atoms with van der Waals surface area (Å²) in [7, 11) is 0. The van der Waals surface area contributed by atoms with Crippen LogP contribution in [0.5, 0.6) is 0 Å². The third kappa shape index (κ3) is 2.67. The summed E-state index contributed by atoms with van der Waals surface area (Å²) in [6.45, 7) is 2.33. The third-order valence-electron chi connectivity index (χ3n) is 1.77. The molecule has 0 atom stereocenters. The Morgan fingerprint density at radius 1 is 1.33 bits per heavy atom. The second kappa shape index (κ2) is 4.16. The Morgan fingerprint density at radius 2 is 2.13 bits per heavy atom. The van der Waals surface area contributed by atoms with E-state index in [1.54, 1.807) is 23.1 Å². The van der Waals surface area contributed by atoms with E-state index >= 15 is 0 Å². The molecule has 0 aromatic carbocycles. The molecule has 15 heavy (non-hydrogen) atoms. The molecular formula is C9H8Cl2N4. The predicted molar refractivity (Wildman–Crippen MR) is 58.1 cm³/mol. The summed E-state index contributed by atoms with van der Waals surface area (Å²) >= 11 is 11.6. The van der Waals surface area contributed by atoms with Gasteiger partial charge in [0.1, 0.15) is 11.7 Å². The minimum absolute atomic E-state index is 0.441. The molecule has 0 aliphatic rings. The minimum atomic E-state index is 0.441. The lowest BCUT2D eigenvalue weighted by atomic mass is 10.4. The Kier molecular flexibility index (Phi) is 2.88. The minimum Gasteiger partial charge on any atom is -0.264 e. The average Bonchev–Trinajstić information content (AvgIpc) is 2.49. The van der Waals surface area contributed by atoms with E-state index < -0.39 is 0 Å². The highest BCUT2D eigenvalue weighted by Gasteiger charge is 2.02. The molecule has 0 N–H and O–H groups in total. The zero-order valence-electron chi connectivity index (χ0n) is 7.98. The van der Waals surface area contributed by atoms with Crippen molar-refractivity contribution in [2.24, 2.45) is 0 Å². The lowest BCUT2D eigenvalue weighted by Gasteiger charge is -2.01. The van der Waals surface area contributed by atoms with Gasteiger partial charge < -0.3 is 0 Å². The maximum Gasteiger partial charge on any atom is 0.151 e. The molecule has 0 saturated heterocycles. The molecule has 6 heteroatoms. The van der Waals surface area contributed by atoms with Crippen LogP contribution in [0.25, 0.3) is 0 Å². The maximum absolute atomic E-state index is 5.81. The molecule has 0 spiro atoms. The van der Waals surface area contributed by atoms with Crippen LogP contribution in [0, 0.1) is 6.92 Å². The largest absolute Gasteiger partial charge is 0.264 e. The molecule has 2 aromatic rings. The van der Waals surface area contributed by atoms with Crippen LogP contribution in [-0.4, -0.2) is 19.7 Å². The van der Waals surface area contributed by atoms with Gasteiger partial charge in [0.25, 0.3) is 0 Å². The summed E-state index contributed by atoms with van der Waals surface area (Å²) in [5.74, 6) is 0.625. The molecule has 78 valence electrons. The van der Waals surface area contributed by atoms with Gasteiger partial charge in [0.05, 0.1) is 11.2 Å². The number of aromatic nitrogens is 4. The van der Waals surface area contributed by atoms with Crippen LogP contribution >= 0.6 is 23.2 Å². The zero-order chi connectivity index (χ0) is 10.8. The summed E-state index contributed by atoms with van der Waals surface area (Å²) in [5.41, 5.74) is 0.836. The van der Waals surface area contributed by atoms with Crippen LogP contribution in [0.1, 0.15) is 11.5 Å². The molecule has 2 aromatic heterocycles. The highest BCUT2D eigenvalue weighted by Crippen LogP contribution is 2.09. The van der Waals surface area contributed by atoms with Gasteiger partial charge in [-0.2, -0.15) is 5.10 Å². The molecule has 0 amide bonds. The van der Waals surface area contributed by atoms with Gasteiger partial charge in [-0.05, 0) is 13.0 Å². The highest BCUT2D eigenvalue weighted by atomic mass is 35.5. The van der Waals surface area contributed by atoms with Crippen molar-refractivity contribution in [3.8, 4) is 0 Å². The Labute approximate surface area is 96.9 Å². The van der Waals surface area contributed by atoms with E-state index in [0.717, 1.165) is 5.69 Å². The Bertz CT molecular complexity index is 460. The molecule has 2 rings (SSSR count). The van der Waals surface area contributed by atoms with Crippen LogP contribution in [0.4, 0.5) is 0 Å². The molecule has 0 bridgehead atoms. The predicted octanol–water partition coefficient (Wildman–Crippen LogP) is 2.34. The lowest BCUT2D eigenvalue weighted by Crippen LogP contribution is -2.05. The fraction of sp³-hybridized carbons (Fsp3) is 0.222. The van der Waals surface area contributed by atoms with E-state index in [1.165, 1.54) is 0 Å². The molecule has 2 heterocycles. The van der Waals surface area contributed by atoms with Crippen molar-refractivity contribution in [3.05, 3.63) is 40.2 Å². The van der Waals surface area contributed by atoms with Crippen molar-refractivity contribution in [2.45, 2.75) is 13.5 Å². The van der Waals surface area contributed by atoms with E-state index in [9.17, 15) is 0 Å². The SMILES string of the molecule is Cc1cc(Cl)nc(Cn2cc(Cl)cn2)n1. The van der Waals surface area contributed by atoms with Crippen LogP contribution in [0.15, 0.2) is 18.5 Å². The quantitative estimate of drug-likeness (QED) is 0.760. The summed E-state index contributed by atoms with van der Waals surface area (Å²) < 4.78 is 1.66. The van der Waals surface area contributed by atoms with Gasteiger partial charge in [-0.15, -0.1) is 0 Å². The van der Waals surface area contributed by atoms with Crippen molar-refractivity contribution in [1.82, 2.24) is 19.7 Å². The fourth-order valence-electron chi connectivity index (χ4n) is 1.23. The van der Waals surface area contributed by atoms with Gasteiger partial charge in [0.15, 0.2) is 5.82 Å². The number of hydrogen-bond acceptors (Lipinski definition) is 3. The van der Waals surface area contributed by atoms with E-state index in [0.29, 0.717) is 22.5 Å². The highest BCUT2D eigenvalue weighted by molar-refractivity contribution is 6.30. The van der Waals surface area contributed by atoms with Gasteiger partial charge in [-0.25, -0.2) is 9.97 Å². The zero-order valence-corrected chi connectivity index (χ0v) is 9.50. The van der Waals surface area contributed by atoms with Crippen molar-refractivity contribution < 1.29 is 0 Å². The Hall–Kier alpha value is -1.13. The first-order valence-corrected chi connectivity index (χ1v) is 5.07. The molecule has 0 fully saturated rings. The van der Waals surface area contributed by atoms with E-state index in [2.05, 4.69) is 15.1 Å². The second-order valence-electron chi connectivity index (χ2n) is 3.10. The maximum atomic E-state index is 5.81. The van der Waals surface area contributed by atoms with Crippen molar-refractivity contribution in [3.63, 3.8) is 0 Å². The smallest absolute Gasteiger partial charge is 0.151 e. The first kappa shape index (κ1) is 10.4. The average molecular weight is 243 g/mol. The molecule has 0 radical (unpaired) electrons. The summed E-state index contributed by atoms with van der Waals surface area (Å²) in [6, 6.07) is 1.71. The number of nitrogens with zero attached hydrogens (tertiary/aromatic N) is 4. The van der Waals surface area contributed by atoms with Crippen LogP contribution in [-0.2, 0) is 6.54 Å². The number of hydrogen-bond donors (Lipinski definition) is 0. The number of halogens is 2. The van der Waals surface area contributed by atoms with Crippen LogP contribution in [0.3, 0.4) is 0 Å². The molecular weight excluding hydrogens is 235 g/mol. The first-order chi connectivity index (χ1) is 7.13. The molecule has 0 saturated carbocycles. The van der Waals surface area contributed by atoms with Gasteiger partial charge in [0, 0.05) is 11.9 Å². The van der Waals surface area contributed by atoms with Crippen molar-refractivity contribution >= 4 is 23.2 Å². The van der Waals surface area contributed by atoms with Gasteiger partial charge in [0.2, 0.25) is 0 Å². The summed E-state index contributed by atoms with van der Waals surface area (Å²) in [6.07, 6.45) is 3.28. The van der Waals surface area contributed by atoms with Crippen LogP contribution in [0.2, 0.25) is 10.2 Å². The normalized spacial score (nSPS) is 10.6. The van der Waals surface area contributed by atoms with Gasteiger partial charge >= 0.3 is 0 Å². The Morgan fingerprint density at radius 3 is 2.73 bits per heavy atom. The van der Waals surface area contributed by atoms with Gasteiger partial charge in [-0.1, -0.05) is 23.2 Å². The molecule has 4 nitrogen and oxygen atoms in total. The number of rotatable bonds is 2. The summed E-state index contributed by atoms with van der Waals surface area (Å²) in [4.78, 5) is 8.33. The van der Waals surface area contributed by atoms with Gasteiger partial charge in [-0.3, -0.25) is 4.68 Å². The lowest BCUT2D eigenvalue weighted by molar-refractivity contribution is 0.653. The molecule has 0 aliphatic heterocycles. The summed E-state index contributed by atoms with van der Waals surface area (Å²) in [5, 5.41) is 5.06. The van der Waals surface area contributed by atoms with E-state index in [1.807, 2.05) is 6.92 Å². The first-order valence-electron chi connectivity index (χ1n) is 4.31. The topological polar surface area (TPSA) is 43.6 Å². The Balaban J connectivity index is 2.24. The van der Waals surface area contributed by atoms with Crippen molar-refractivity contribution in [1.29, 1.82) is 0 Å². The fourth-order valence-corrected chi connectivity index (χ4v) is 1.64. The van der Waals surface area contributed by atoms with Crippen molar-refractivity contribution in [2.75, 3.05) is 0 Å². The van der Waals surface area contributed by atoms with E-state index in [-0.39, 0.29) is 0 Å². The monoisotopic (exact) mass is 242 g/mol. The number of aryl methyl sites for hydroxylation is 1. The van der Waals surface area contributed by atoms with Crippen LogP contribution < -0.4 is 0 Å².